The average molecular weight is 311 g/mol. The van der Waals surface area contributed by atoms with Gasteiger partial charge in [0.2, 0.25) is 0 Å². The van der Waals surface area contributed by atoms with Gasteiger partial charge in [-0.3, -0.25) is 0 Å². The molecule has 1 aromatic heterocycles. The van der Waals surface area contributed by atoms with Gasteiger partial charge in [0, 0.05) is 12.7 Å². The lowest BCUT2D eigenvalue weighted by Gasteiger charge is -2.24. The SMILES string of the molecule is Cc1cc([C@@H]2CCCN2C(=O)OCc2ccccc2)cnc1N. The van der Waals surface area contributed by atoms with Gasteiger partial charge in [-0.2, -0.15) is 0 Å². The molecule has 5 nitrogen and oxygen atoms in total. The van der Waals surface area contributed by atoms with Crippen LogP contribution in [0.4, 0.5) is 10.6 Å². The summed E-state index contributed by atoms with van der Waals surface area (Å²) in [6.07, 6.45) is 3.38. The number of carbonyl (C=O) groups is 1. The van der Waals surface area contributed by atoms with Crippen LogP contribution in [0.15, 0.2) is 42.6 Å². The number of carbonyl (C=O) groups excluding carboxylic acids is 1. The molecule has 0 unspecified atom stereocenters. The molecule has 0 bridgehead atoms. The monoisotopic (exact) mass is 311 g/mol. The van der Waals surface area contributed by atoms with Gasteiger partial charge in [0.05, 0.1) is 6.04 Å². The van der Waals surface area contributed by atoms with E-state index in [1.807, 2.05) is 43.3 Å². The highest BCUT2D eigenvalue weighted by Crippen LogP contribution is 2.33. The Morgan fingerprint density at radius 1 is 1.39 bits per heavy atom. The van der Waals surface area contributed by atoms with Crippen LogP contribution in [-0.4, -0.2) is 22.5 Å². The van der Waals surface area contributed by atoms with E-state index in [1.165, 1.54) is 0 Å². The Hall–Kier alpha value is -2.56. The quantitative estimate of drug-likeness (QED) is 0.942. The Labute approximate surface area is 136 Å². The zero-order chi connectivity index (χ0) is 16.2. The minimum Gasteiger partial charge on any atom is -0.445 e. The van der Waals surface area contributed by atoms with E-state index in [0.717, 1.165) is 29.5 Å². The molecule has 1 aliphatic heterocycles. The average Bonchev–Trinajstić information content (AvgIpc) is 3.06. The fraction of sp³-hybridized carbons (Fsp3) is 0.333. The topological polar surface area (TPSA) is 68.5 Å². The molecule has 1 saturated heterocycles. The van der Waals surface area contributed by atoms with Crippen molar-refractivity contribution in [1.82, 2.24) is 9.88 Å². The lowest BCUT2D eigenvalue weighted by Crippen LogP contribution is -2.31. The van der Waals surface area contributed by atoms with Gasteiger partial charge in [0.1, 0.15) is 12.4 Å². The zero-order valence-corrected chi connectivity index (χ0v) is 13.2. The van der Waals surface area contributed by atoms with Crippen LogP contribution >= 0.6 is 0 Å². The first-order valence-electron chi connectivity index (χ1n) is 7.84. The summed E-state index contributed by atoms with van der Waals surface area (Å²) in [5.74, 6) is 0.532. The molecule has 2 aromatic rings. The maximum absolute atomic E-state index is 12.4. The van der Waals surface area contributed by atoms with Gasteiger partial charge in [-0.1, -0.05) is 30.3 Å². The second-order valence-electron chi connectivity index (χ2n) is 5.86. The molecule has 120 valence electrons. The number of benzene rings is 1. The van der Waals surface area contributed by atoms with E-state index in [9.17, 15) is 4.79 Å². The molecule has 1 atom stereocenters. The lowest BCUT2D eigenvalue weighted by molar-refractivity contribution is 0.0920. The van der Waals surface area contributed by atoms with Crippen molar-refractivity contribution in [1.29, 1.82) is 0 Å². The number of aromatic nitrogens is 1. The minimum absolute atomic E-state index is 0.0186. The number of hydrogen-bond acceptors (Lipinski definition) is 4. The molecule has 0 aliphatic carbocycles. The molecule has 5 heteroatoms. The summed E-state index contributed by atoms with van der Waals surface area (Å²) >= 11 is 0. The van der Waals surface area contributed by atoms with E-state index in [-0.39, 0.29) is 12.1 Å². The van der Waals surface area contributed by atoms with Crippen LogP contribution in [0.2, 0.25) is 0 Å². The van der Waals surface area contributed by atoms with Crippen molar-refractivity contribution >= 4 is 11.9 Å². The summed E-state index contributed by atoms with van der Waals surface area (Å²) in [6, 6.07) is 11.7. The predicted octanol–water partition coefficient (Wildman–Crippen LogP) is 3.45. The standard InChI is InChI=1S/C18H21N3O2/c1-13-10-15(11-20-17(13)19)16-8-5-9-21(16)18(22)23-12-14-6-3-2-4-7-14/h2-4,6-7,10-11,16H,5,8-9,12H2,1H3,(H2,19,20)/t16-/m0/s1. The van der Waals surface area contributed by atoms with Crippen LogP contribution < -0.4 is 5.73 Å². The van der Waals surface area contributed by atoms with Crippen molar-refractivity contribution in [2.24, 2.45) is 0 Å². The molecule has 1 fully saturated rings. The number of pyridine rings is 1. The summed E-state index contributed by atoms with van der Waals surface area (Å²) in [7, 11) is 0. The van der Waals surface area contributed by atoms with Gasteiger partial charge in [0.25, 0.3) is 0 Å². The van der Waals surface area contributed by atoms with Gasteiger partial charge in [-0.05, 0) is 42.5 Å². The first kappa shape index (κ1) is 15.3. The van der Waals surface area contributed by atoms with Gasteiger partial charge >= 0.3 is 6.09 Å². The van der Waals surface area contributed by atoms with E-state index in [1.54, 1.807) is 11.1 Å². The maximum Gasteiger partial charge on any atom is 0.410 e. The number of aryl methyl sites for hydroxylation is 1. The van der Waals surface area contributed by atoms with Crippen LogP contribution in [0.5, 0.6) is 0 Å². The molecule has 3 rings (SSSR count). The van der Waals surface area contributed by atoms with E-state index < -0.39 is 0 Å². The summed E-state index contributed by atoms with van der Waals surface area (Å²) < 4.78 is 5.46. The zero-order valence-electron chi connectivity index (χ0n) is 13.2. The summed E-state index contributed by atoms with van der Waals surface area (Å²) in [6.45, 7) is 2.93. The fourth-order valence-corrected chi connectivity index (χ4v) is 2.92. The molecule has 0 saturated carbocycles. The highest BCUT2D eigenvalue weighted by atomic mass is 16.6. The number of likely N-dealkylation sites (tertiary alicyclic amines) is 1. The molecule has 2 heterocycles. The second-order valence-corrected chi connectivity index (χ2v) is 5.86. The normalized spacial score (nSPS) is 17.3. The molecular weight excluding hydrogens is 290 g/mol. The smallest absolute Gasteiger partial charge is 0.410 e. The van der Waals surface area contributed by atoms with E-state index in [2.05, 4.69) is 4.98 Å². The van der Waals surface area contributed by atoms with Crippen molar-refractivity contribution in [3.05, 3.63) is 59.3 Å². The van der Waals surface area contributed by atoms with Crippen LogP contribution in [0, 0.1) is 6.92 Å². The Morgan fingerprint density at radius 2 is 2.17 bits per heavy atom. The summed E-state index contributed by atoms with van der Waals surface area (Å²) in [5.41, 5.74) is 8.72. The first-order valence-corrected chi connectivity index (χ1v) is 7.84. The molecule has 23 heavy (non-hydrogen) atoms. The van der Waals surface area contributed by atoms with Crippen molar-refractivity contribution in [2.75, 3.05) is 12.3 Å². The van der Waals surface area contributed by atoms with Crippen molar-refractivity contribution in [3.8, 4) is 0 Å². The highest BCUT2D eigenvalue weighted by molar-refractivity contribution is 5.69. The summed E-state index contributed by atoms with van der Waals surface area (Å²) in [4.78, 5) is 18.4. The number of rotatable bonds is 3. The third-order valence-electron chi connectivity index (χ3n) is 4.22. The number of ether oxygens (including phenoxy) is 1. The van der Waals surface area contributed by atoms with Gasteiger partial charge in [-0.15, -0.1) is 0 Å². The van der Waals surface area contributed by atoms with E-state index in [0.29, 0.717) is 19.0 Å². The maximum atomic E-state index is 12.4. The molecular formula is C18H21N3O2. The van der Waals surface area contributed by atoms with Crippen LogP contribution in [0.3, 0.4) is 0 Å². The fourth-order valence-electron chi connectivity index (χ4n) is 2.92. The summed E-state index contributed by atoms with van der Waals surface area (Å²) in [5, 5.41) is 0. The van der Waals surface area contributed by atoms with Gasteiger partial charge in [0.15, 0.2) is 0 Å². The third kappa shape index (κ3) is 3.44. The van der Waals surface area contributed by atoms with Crippen LogP contribution in [0.25, 0.3) is 0 Å². The number of nitrogen functional groups attached to an aromatic ring is 1. The van der Waals surface area contributed by atoms with E-state index >= 15 is 0 Å². The Balaban J connectivity index is 1.68. The molecule has 1 amide bonds. The van der Waals surface area contributed by atoms with Crippen LogP contribution in [-0.2, 0) is 11.3 Å². The van der Waals surface area contributed by atoms with Crippen molar-refractivity contribution < 1.29 is 9.53 Å². The van der Waals surface area contributed by atoms with Crippen molar-refractivity contribution in [3.63, 3.8) is 0 Å². The lowest BCUT2D eigenvalue weighted by atomic mass is 10.1. The molecule has 2 N–H and O–H groups in total. The van der Waals surface area contributed by atoms with Crippen LogP contribution in [0.1, 0.15) is 35.6 Å². The highest BCUT2D eigenvalue weighted by Gasteiger charge is 2.31. The largest absolute Gasteiger partial charge is 0.445 e. The number of amides is 1. The van der Waals surface area contributed by atoms with Gasteiger partial charge in [-0.25, -0.2) is 9.78 Å². The molecule has 1 aromatic carbocycles. The predicted molar refractivity (Wildman–Crippen MR) is 88.7 cm³/mol. The number of nitrogens with zero attached hydrogens (tertiary/aromatic N) is 2. The molecule has 1 aliphatic rings. The van der Waals surface area contributed by atoms with Gasteiger partial charge < -0.3 is 15.4 Å². The second kappa shape index (κ2) is 6.69. The number of hydrogen-bond donors (Lipinski definition) is 1. The van der Waals surface area contributed by atoms with E-state index in [4.69, 9.17) is 10.5 Å². The first-order chi connectivity index (χ1) is 11.1. The molecule has 0 radical (unpaired) electrons. The Morgan fingerprint density at radius 3 is 2.91 bits per heavy atom. The Bertz CT molecular complexity index is 688. The molecule has 0 spiro atoms. The number of anilines is 1. The number of nitrogens with two attached hydrogens (primary N) is 1. The third-order valence-corrected chi connectivity index (χ3v) is 4.22. The minimum atomic E-state index is -0.272. The Kier molecular flexibility index (Phi) is 4.46. The van der Waals surface area contributed by atoms with Crippen molar-refractivity contribution in [2.45, 2.75) is 32.4 Å².